The molecule has 0 spiro atoms. The van der Waals surface area contributed by atoms with Crippen molar-refractivity contribution < 1.29 is 14.3 Å². The molecule has 6 nitrogen and oxygen atoms in total. The Morgan fingerprint density at radius 3 is 2.25 bits per heavy atom. The smallest absolute Gasteiger partial charge is 0.323 e. The molecule has 1 atom stereocenters. The predicted octanol–water partition coefficient (Wildman–Crippen LogP) is 4.06. The van der Waals surface area contributed by atoms with E-state index in [1.54, 1.807) is 26.2 Å². The highest BCUT2D eigenvalue weighted by Crippen LogP contribution is 2.31. The van der Waals surface area contributed by atoms with Crippen molar-refractivity contribution in [2.45, 2.75) is 26.9 Å². The molecule has 0 aromatic heterocycles. The number of methoxy groups -OCH3 is 2. The van der Waals surface area contributed by atoms with E-state index in [-0.39, 0.29) is 12.2 Å². The van der Waals surface area contributed by atoms with E-state index in [9.17, 15) is 4.79 Å². The first-order chi connectivity index (χ1) is 13.3. The lowest BCUT2D eigenvalue weighted by Gasteiger charge is -2.34. The van der Waals surface area contributed by atoms with Crippen LogP contribution in [0.3, 0.4) is 0 Å². The summed E-state index contributed by atoms with van der Waals surface area (Å²) in [6.45, 7) is 6.23. The topological polar surface area (TPSA) is 62.8 Å². The highest BCUT2D eigenvalue weighted by Gasteiger charge is 2.26. The van der Waals surface area contributed by atoms with E-state index in [1.165, 1.54) is 5.56 Å². The van der Waals surface area contributed by atoms with Crippen LogP contribution in [0.4, 0.5) is 10.5 Å². The number of rotatable bonds is 5. The number of amides is 2. The second kappa shape index (κ2) is 7.84. The van der Waals surface area contributed by atoms with Gasteiger partial charge in [-0.3, -0.25) is 0 Å². The van der Waals surface area contributed by atoms with Crippen LogP contribution in [0.15, 0.2) is 36.4 Å². The Hall–Kier alpha value is -3.15. The molecule has 6 heteroatoms. The molecule has 2 aromatic carbocycles. The van der Waals surface area contributed by atoms with Gasteiger partial charge in [-0.15, -0.1) is 0 Å². The van der Waals surface area contributed by atoms with Crippen molar-refractivity contribution in [3.63, 3.8) is 0 Å². The molecule has 1 unspecified atom stereocenters. The summed E-state index contributed by atoms with van der Waals surface area (Å²) in [4.78, 5) is 14.2. The third kappa shape index (κ3) is 3.76. The van der Waals surface area contributed by atoms with Crippen LogP contribution < -0.4 is 20.1 Å². The maximum absolute atomic E-state index is 12.6. The molecule has 0 saturated carbocycles. The fraction of sp³-hybridized carbons (Fsp3) is 0.318. The largest absolute Gasteiger partial charge is 0.493 e. The number of anilines is 1. The van der Waals surface area contributed by atoms with E-state index < -0.39 is 0 Å². The number of ether oxygens (including phenoxy) is 2. The molecule has 1 heterocycles. The third-order valence-electron chi connectivity index (χ3n) is 4.97. The Kier molecular flexibility index (Phi) is 5.49. The quantitative estimate of drug-likeness (QED) is 0.820. The third-order valence-corrected chi connectivity index (χ3v) is 4.97. The number of nitrogens with zero attached hydrogens (tertiary/aromatic N) is 1. The molecule has 2 aromatic rings. The number of hydrogen-bond donors (Lipinski definition) is 2. The molecule has 3 rings (SSSR count). The molecule has 0 aliphatic carbocycles. The Morgan fingerprint density at radius 1 is 1.00 bits per heavy atom. The number of benzene rings is 2. The Balaban J connectivity index is 1.97. The summed E-state index contributed by atoms with van der Waals surface area (Å²) in [5.74, 6) is 1.26. The monoisotopic (exact) mass is 381 g/mol. The first kappa shape index (κ1) is 19.6. The molecule has 0 radical (unpaired) electrons. The molecule has 148 valence electrons. The van der Waals surface area contributed by atoms with E-state index in [2.05, 4.69) is 43.5 Å². The summed E-state index contributed by atoms with van der Waals surface area (Å²) in [5.41, 5.74) is 6.14. The van der Waals surface area contributed by atoms with Gasteiger partial charge >= 0.3 is 6.03 Å². The number of urea groups is 1. The first-order valence-electron chi connectivity index (χ1n) is 9.16. The molecular formula is C22H27N3O3. The fourth-order valence-corrected chi connectivity index (χ4v) is 3.51. The number of likely N-dealkylation sites (N-methyl/N-ethyl adjacent to an activating group) is 1. The maximum Gasteiger partial charge on any atom is 0.323 e. The summed E-state index contributed by atoms with van der Waals surface area (Å²) >= 11 is 0. The van der Waals surface area contributed by atoms with Crippen LogP contribution in [0, 0.1) is 20.8 Å². The molecule has 1 aliphatic rings. The van der Waals surface area contributed by atoms with Gasteiger partial charge in [-0.25, -0.2) is 4.79 Å². The minimum absolute atomic E-state index is 0.174. The van der Waals surface area contributed by atoms with Crippen LogP contribution in [0.2, 0.25) is 0 Å². The zero-order chi connectivity index (χ0) is 20.4. The normalized spacial score (nSPS) is 16.4. The van der Waals surface area contributed by atoms with Crippen LogP contribution in [0.1, 0.15) is 22.3 Å². The summed E-state index contributed by atoms with van der Waals surface area (Å²) < 4.78 is 10.7. The SMILES string of the molecule is COc1ccc(C2=CC(Nc3c(C)cc(C)cc3C)N(C)C(=O)N2)cc1OC. The highest BCUT2D eigenvalue weighted by molar-refractivity contribution is 5.89. The van der Waals surface area contributed by atoms with Crippen molar-refractivity contribution in [2.75, 3.05) is 26.6 Å². The molecule has 2 amide bonds. The standard InChI is InChI=1S/C22H27N3O3/c1-13-9-14(2)21(15(3)10-13)24-20-12-17(23-22(26)25(20)4)16-7-8-18(27-5)19(11-16)28-6/h7-12,20,24H,1-6H3,(H,23,26). The summed E-state index contributed by atoms with van der Waals surface area (Å²) in [6.07, 6.45) is 1.72. The predicted molar refractivity (Wildman–Crippen MR) is 112 cm³/mol. The first-order valence-corrected chi connectivity index (χ1v) is 9.16. The van der Waals surface area contributed by atoms with Crippen molar-refractivity contribution in [1.29, 1.82) is 0 Å². The van der Waals surface area contributed by atoms with Crippen LogP contribution in [-0.2, 0) is 0 Å². The molecule has 1 aliphatic heterocycles. The maximum atomic E-state index is 12.6. The molecular weight excluding hydrogens is 354 g/mol. The van der Waals surface area contributed by atoms with Gasteiger partial charge in [0.05, 0.1) is 14.2 Å². The van der Waals surface area contributed by atoms with Gasteiger partial charge in [0.1, 0.15) is 6.17 Å². The summed E-state index contributed by atoms with van der Waals surface area (Å²) in [5, 5.41) is 6.45. The van der Waals surface area contributed by atoms with E-state index in [0.29, 0.717) is 11.5 Å². The lowest BCUT2D eigenvalue weighted by molar-refractivity contribution is 0.205. The van der Waals surface area contributed by atoms with Gasteiger partial charge in [0.2, 0.25) is 0 Å². The number of carbonyl (C=O) groups excluding carboxylic acids is 1. The fourth-order valence-electron chi connectivity index (χ4n) is 3.51. The van der Waals surface area contributed by atoms with Gasteiger partial charge in [-0.05, 0) is 56.2 Å². The van der Waals surface area contributed by atoms with Crippen molar-refractivity contribution in [3.05, 3.63) is 58.7 Å². The Morgan fingerprint density at radius 2 is 1.64 bits per heavy atom. The second-order valence-corrected chi connectivity index (χ2v) is 7.05. The number of nitrogens with one attached hydrogen (secondary N) is 2. The Bertz CT molecular complexity index is 914. The van der Waals surface area contributed by atoms with Gasteiger partial charge < -0.3 is 25.0 Å². The van der Waals surface area contributed by atoms with Gasteiger partial charge in [-0.2, -0.15) is 0 Å². The second-order valence-electron chi connectivity index (χ2n) is 7.05. The molecule has 0 bridgehead atoms. The number of carbonyl (C=O) groups is 1. The van der Waals surface area contributed by atoms with E-state index in [0.717, 1.165) is 28.1 Å². The van der Waals surface area contributed by atoms with Gasteiger partial charge in [0, 0.05) is 24.0 Å². The van der Waals surface area contributed by atoms with Crippen molar-refractivity contribution >= 4 is 17.4 Å². The van der Waals surface area contributed by atoms with Gasteiger partial charge in [0.15, 0.2) is 11.5 Å². The van der Waals surface area contributed by atoms with E-state index in [1.807, 2.05) is 24.3 Å². The highest BCUT2D eigenvalue weighted by atomic mass is 16.5. The molecule has 0 saturated heterocycles. The zero-order valence-electron chi connectivity index (χ0n) is 17.2. The molecule has 0 fully saturated rings. The van der Waals surface area contributed by atoms with Gasteiger partial charge in [-0.1, -0.05) is 17.7 Å². The van der Waals surface area contributed by atoms with E-state index in [4.69, 9.17) is 9.47 Å². The molecule has 28 heavy (non-hydrogen) atoms. The van der Waals surface area contributed by atoms with Crippen LogP contribution in [0.5, 0.6) is 11.5 Å². The van der Waals surface area contributed by atoms with Crippen LogP contribution in [0.25, 0.3) is 5.70 Å². The average Bonchev–Trinajstić information content (AvgIpc) is 2.66. The van der Waals surface area contributed by atoms with Gasteiger partial charge in [0.25, 0.3) is 0 Å². The van der Waals surface area contributed by atoms with Crippen molar-refractivity contribution in [1.82, 2.24) is 10.2 Å². The van der Waals surface area contributed by atoms with Crippen molar-refractivity contribution in [3.8, 4) is 11.5 Å². The zero-order valence-corrected chi connectivity index (χ0v) is 17.2. The van der Waals surface area contributed by atoms with Crippen molar-refractivity contribution in [2.24, 2.45) is 0 Å². The summed E-state index contributed by atoms with van der Waals surface area (Å²) in [6, 6.07) is 9.69. The molecule has 2 N–H and O–H groups in total. The Labute approximate surface area is 166 Å². The number of hydrogen-bond acceptors (Lipinski definition) is 4. The van der Waals surface area contributed by atoms with Crippen LogP contribution >= 0.6 is 0 Å². The number of aryl methyl sites for hydroxylation is 3. The lowest BCUT2D eigenvalue weighted by atomic mass is 10.0. The lowest BCUT2D eigenvalue weighted by Crippen LogP contribution is -2.49. The average molecular weight is 381 g/mol. The van der Waals surface area contributed by atoms with Crippen LogP contribution in [-0.4, -0.2) is 38.4 Å². The minimum atomic E-state index is -0.281. The summed E-state index contributed by atoms with van der Waals surface area (Å²) in [7, 11) is 4.96. The van der Waals surface area contributed by atoms with E-state index >= 15 is 0 Å². The minimum Gasteiger partial charge on any atom is -0.493 e.